The summed E-state index contributed by atoms with van der Waals surface area (Å²) in [7, 11) is -3.48. The lowest BCUT2D eigenvalue weighted by atomic mass is 9.93. The summed E-state index contributed by atoms with van der Waals surface area (Å²) >= 11 is 6.04. The van der Waals surface area contributed by atoms with Crippen molar-refractivity contribution in [2.45, 2.75) is 18.8 Å². The molecule has 3 heterocycles. The van der Waals surface area contributed by atoms with Gasteiger partial charge in [-0.3, -0.25) is 9.52 Å². The third kappa shape index (κ3) is 5.64. The van der Waals surface area contributed by atoms with Crippen LogP contribution in [0.2, 0.25) is 5.02 Å². The molecule has 0 atom stereocenters. The third-order valence-corrected chi connectivity index (χ3v) is 5.83. The number of sulfonamides is 1. The van der Waals surface area contributed by atoms with Crippen molar-refractivity contribution < 1.29 is 17.9 Å². The van der Waals surface area contributed by atoms with E-state index in [1.807, 2.05) is 18.3 Å². The van der Waals surface area contributed by atoms with Crippen molar-refractivity contribution in [3.63, 3.8) is 0 Å². The maximum absolute atomic E-state index is 12.6. The predicted molar refractivity (Wildman–Crippen MR) is 122 cm³/mol. The Kier molecular flexibility index (Phi) is 6.45. The largest absolute Gasteiger partial charge is 0.381 e. The summed E-state index contributed by atoms with van der Waals surface area (Å²) in [6.45, 7) is 1.53. The highest BCUT2D eigenvalue weighted by molar-refractivity contribution is 7.92. The number of carbonyl (C=O) groups excluding carboxylic acids is 1. The molecule has 2 N–H and O–H groups in total. The van der Waals surface area contributed by atoms with Crippen molar-refractivity contribution in [1.29, 1.82) is 0 Å². The van der Waals surface area contributed by atoms with Crippen LogP contribution in [-0.4, -0.2) is 48.6 Å². The fourth-order valence-corrected chi connectivity index (χ4v) is 4.29. The van der Waals surface area contributed by atoms with Crippen LogP contribution >= 0.6 is 11.6 Å². The van der Waals surface area contributed by atoms with Crippen molar-refractivity contribution in [2.75, 3.05) is 29.5 Å². The van der Waals surface area contributed by atoms with E-state index in [0.29, 0.717) is 23.0 Å². The Bertz CT molecular complexity index is 1220. The predicted octanol–water partition coefficient (Wildman–Crippen LogP) is 3.44. The number of amides is 1. The first-order valence-electron chi connectivity index (χ1n) is 9.95. The first-order chi connectivity index (χ1) is 15.3. The summed E-state index contributed by atoms with van der Waals surface area (Å²) in [5.74, 6) is 0.633. The highest BCUT2D eigenvalue weighted by Gasteiger charge is 2.17. The number of rotatable bonds is 6. The number of hydrogen-bond donors (Lipinski definition) is 2. The van der Waals surface area contributed by atoms with E-state index in [9.17, 15) is 13.2 Å². The van der Waals surface area contributed by atoms with Gasteiger partial charge >= 0.3 is 0 Å². The Hall–Kier alpha value is -2.95. The van der Waals surface area contributed by atoms with Crippen LogP contribution in [0, 0.1) is 0 Å². The molecule has 2 aromatic heterocycles. The minimum Gasteiger partial charge on any atom is -0.381 e. The second-order valence-corrected chi connectivity index (χ2v) is 9.75. The molecule has 1 saturated heterocycles. The summed E-state index contributed by atoms with van der Waals surface area (Å²) in [6.07, 6.45) is 7.85. The van der Waals surface area contributed by atoms with Crippen LogP contribution in [0.4, 0.5) is 11.4 Å². The van der Waals surface area contributed by atoms with Crippen LogP contribution in [0.25, 0.3) is 5.82 Å². The van der Waals surface area contributed by atoms with Gasteiger partial charge in [-0.1, -0.05) is 17.7 Å². The van der Waals surface area contributed by atoms with Crippen molar-refractivity contribution >= 4 is 38.9 Å². The van der Waals surface area contributed by atoms with E-state index in [1.165, 1.54) is 34.6 Å². The number of pyridine rings is 1. The summed E-state index contributed by atoms with van der Waals surface area (Å²) < 4.78 is 32.2. The molecule has 0 spiro atoms. The number of carbonyl (C=O) groups is 1. The number of halogens is 1. The molecular formula is C21H22ClN5O4S. The molecule has 32 heavy (non-hydrogen) atoms. The van der Waals surface area contributed by atoms with Crippen molar-refractivity contribution in [1.82, 2.24) is 14.8 Å². The topological polar surface area (TPSA) is 115 Å². The average molecular weight is 476 g/mol. The zero-order valence-corrected chi connectivity index (χ0v) is 18.9. The second-order valence-electron chi connectivity index (χ2n) is 7.57. The third-order valence-electron chi connectivity index (χ3n) is 5.00. The molecule has 0 bridgehead atoms. The maximum Gasteiger partial charge on any atom is 0.258 e. The van der Waals surface area contributed by atoms with Gasteiger partial charge in [0.05, 0.1) is 23.7 Å². The van der Waals surface area contributed by atoms with E-state index < -0.39 is 15.9 Å². The molecule has 1 aliphatic heterocycles. The van der Waals surface area contributed by atoms with Gasteiger partial charge in [-0.05, 0) is 48.6 Å². The van der Waals surface area contributed by atoms with Crippen molar-refractivity contribution in [3.8, 4) is 5.82 Å². The van der Waals surface area contributed by atoms with Crippen molar-refractivity contribution in [2.24, 2.45) is 0 Å². The number of nitrogens with one attached hydrogen (secondary N) is 2. The second kappa shape index (κ2) is 9.27. The van der Waals surface area contributed by atoms with Gasteiger partial charge in [-0.2, -0.15) is 5.10 Å². The minimum atomic E-state index is -3.48. The molecule has 0 aliphatic carbocycles. The monoisotopic (exact) mass is 475 g/mol. The molecule has 0 saturated carbocycles. The molecule has 9 nitrogen and oxygen atoms in total. The lowest BCUT2D eigenvalue weighted by Gasteiger charge is -2.22. The van der Waals surface area contributed by atoms with Crippen LogP contribution in [-0.2, 0) is 14.8 Å². The van der Waals surface area contributed by atoms with Crippen LogP contribution in [0.15, 0.2) is 48.9 Å². The van der Waals surface area contributed by atoms with Crippen LogP contribution in [0.3, 0.4) is 0 Å². The molecule has 0 unspecified atom stereocenters. The van der Waals surface area contributed by atoms with Gasteiger partial charge in [-0.25, -0.2) is 18.1 Å². The highest BCUT2D eigenvalue weighted by Crippen LogP contribution is 2.27. The van der Waals surface area contributed by atoms with E-state index in [4.69, 9.17) is 16.3 Å². The lowest BCUT2D eigenvalue weighted by Crippen LogP contribution is -2.14. The van der Waals surface area contributed by atoms with Gasteiger partial charge in [-0.15, -0.1) is 0 Å². The smallest absolute Gasteiger partial charge is 0.258 e. The molecule has 3 aromatic rings. The highest BCUT2D eigenvalue weighted by atomic mass is 35.5. The van der Waals surface area contributed by atoms with Gasteiger partial charge in [0.25, 0.3) is 5.91 Å². The normalized spacial score (nSPS) is 14.8. The van der Waals surface area contributed by atoms with Crippen LogP contribution in [0.1, 0.15) is 34.7 Å². The standard InChI is InChI=1S/C21H22ClN5O4S/c1-32(29,30)26-19-9-17(22)8-18(10-19)25-21(28)16-12-24-27(13-16)20-3-2-15(11-23-20)14-4-6-31-7-5-14/h2-3,8-14,26H,4-7H2,1H3,(H,25,28). The number of benzene rings is 1. The van der Waals surface area contributed by atoms with E-state index >= 15 is 0 Å². The number of anilines is 2. The van der Waals surface area contributed by atoms with E-state index in [1.54, 1.807) is 6.20 Å². The Labute approximate surface area is 190 Å². The van der Waals surface area contributed by atoms with Gasteiger partial charge in [0, 0.05) is 36.3 Å². The van der Waals surface area contributed by atoms with E-state index in [0.717, 1.165) is 32.3 Å². The summed E-state index contributed by atoms with van der Waals surface area (Å²) in [5, 5.41) is 7.21. The number of hydrogen-bond acceptors (Lipinski definition) is 6. The summed E-state index contributed by atoms with van der Waals surface area (Å²) in [4.78, 5) is 17.1. The zero-order chi connectivity index (χ0) is 22.7. The Morgan fingerprint density at radius 2 is 1.91 bits per heavy atom. The summed E-state index contributed by atoms with van der Waals surface area (Å²) in [5.41, 5.74) is 2.08. The fourth-order valence-electron chi connectivity index (χ4n) is 3.51. The molecule has 11 heteroatoms. The van der Waals surface area contributed by atoms with Crippen LogP contribution < -0.4 is 10.0 Å². The molecule has 0 radical (unpaired) electrons. The molecular weight excluding hydrogens is 454 g/mol. The average Bonchev–Trinajstić information content (AvgIpc) is 3.23. The quantitative estimate of drug-likeness (QED) is 0.564. The molecule has 1 amide bonds. The summed E-state index contributed by atoms with van der Waals surface area (Å²) in [6, 6.07) is 8.35. The van der Waals surface area contributed by atoms with Gasteiger partial charge in [0.2, 0.25) is 10.0 Å². The Balaban J connectivity index is 1.46. The molecule has 1 aromatic carbocycles. The molecule has 1 aliphatic rings. The van der Waals surface area contributed by atoms with Crippen LogP contribution in [0.5, 0.6) is 0 Å². The Morgan fingerprint density at radius 3 is 2.59 bits per heavy atom. The molecule has 4 rings (SSSR count). The van der Waals surface area contributed by atoms with E-state index in [2.05, 4.69) is 20.1 Å². The number of nitrogens with zero attached hydrogens (tertiary/aromatic N) is 3. The number of aromatic nitrogens is 3. The first kappa shape index (κ1) is 22.3. The molecule has 1 fully saturated rings. The van der Waals surface area contributed by atoms with E-state index in [-0.39, 0.29) is 10.7 Å². The maximum atomic E-state index is 12.6. The molecule has 168 valence electrons. The minimum absolute atomic E-state index is 0.250. The first-order valence-corrected chi connectivity index (χ1v) is 12.2. The Morgan fingerprint density at radius 1 is 1.16 bits per heavy atom. The fraction of sp³-hybridized carbons (Fsp3) is 0.286. The van der Waals surface area contributed by atoms with Gasteiger partial charge in [0.1, 0.15) is 0 Å². The lowest BCUT2D eigenvalue weighted by molar-refractivity contribution is 0.0852. The zero-order valence-electron chi connectivity index (χ0n) is 17.3. The van der Waals surface area contributed by atoms with Crippen molar-refractivity contribution in [3.05, 3.63) is 65.1 Å². The van der Waals surface area contributed by atoms with Gasteiger partial charge < -0.3 is 10.1 Å². The SMILES string of the molecule is CS(=O)(=O)Nc1cc(Cl)cc(NC(=O)c2cnn(-c3ccc(C4CCOCC4)cn3)c2)c1. The number of ether oxygens (including phenoxy) is 1. The van der Waals surface area contributed by atoms with Gasteiger partial charge in [0.15, 0.2) is 5.82 Å².